The zero-order valence-corrected chi connectivity index (χ0v) is 12.0. The Balaban J connectivity index is 1.94. The van der Waals surface area contributed by atoms with Gasteiger partial charge in [-0.15, -0.1) is 0 Å². The molecule has 1 aliphatic rings. The summed E-state index contributed by atoms with van der Waals surface area (Å²) in [6.07, 6.45) is 0. The maximum atomic E-state index is 12.4. The lowest BCUT2D eigenvalue weighted by Crippen LogP contribution is -2.18. The van der Waals surface area contributed by atoms with Crippen molar-refractivity contribution in [3.8, 4) is 0 Å². The summed E-state index contributed by atoms with van der Waals surface area (Å²) in [6.45, 7) is 1.29. The van der Waals surface area contributed by atoms with Gasteiger partial charge in [-0.1, -0.05) is 0 Å². The molecule has 22 heavy (non-hydrogen) atoms. The highest BCUT2D eigenvalue weighted by molar-refractivity contribution is 7.91. The van der Waals surface area contributed by atoms with Crippen molar-refractivity contribution in [2.24, 2.45) is 4.99 Å². The minimum Gasteiger partial charge on any atom is -0.441 e. The maximum Gasteiger partial charge on any atom is 0.269 e. The summed E-state index contributed by atoms with van der Waals surface area (Å²) in [5.41, 5.74) is -0.177. The zero-order chi connectivity index (χ0) is 15.7. The smallest absolute Gasteiger partial charge is 0.269 e. The molecule has 0 atom stereocenters. The molecule has 2 heterocycles. The number of nitro benzene ring substituents is 1. The second-order valence-electron chi connectivity index (χ2n) is 4.53. The number of sulfone groups is 1. The molecular formula is C13H11N3O5S. The fourth-order valence-corrected chi connectivity index (χ4v) is 3.19. The van der Waals surface area contributed by atoms with E-state index in [0.717, 1.165) is 12.1 Å². The third kappa shape index (κ3) is 2.46. The van der Waals surface area contributed by atoms with Gasteiger partial charge in [-0.25, -0.2) is 8.42 Å². The number of furan rings is 1. The van der Waals surface area contributed by atoms with Gasteiger partial charge in [-0.2, -0.15) is 0 Å². The number of amidine groups is 1. The average molecular weight is 321 g/mol. The monoisotopic (exact) mass is 321 g/mol. The van der Waals surface area contributed by atoms with Crippen LogP contribution in [0.3, 0.4) is 0 Å². The third-order valence-corrected chi connectivity index (χ3v) is 4.75. The SMILES string of the molecule is O=[N+]([O-])c1ccc(S(=O)(=O)c2ccc(C3=NCCN3)o2)cc1. The molecule has 3 rings (SSSR count). The van der Waals surface area contributed by atoms with Crippen molar-refractivity contribution >= 4 is 21.4 Å². The van der Waals surface area contributed by atoms with E-state index in [2.05, 4.69) is 10.3 Å². The van der Waals surface area contributed by atoms with E-state index in [-0.39, 0.29) is 15.7 Å². The first-order chi connectivity index (χ1) is 10.5. The summed E-state index contributed by atoms with van der Waals surface area (Å²) in [7, 11) is -3.86. The van der Waals surface area contributed by atoms with Gasteiger partial charge < -0.3 is 9.73 Å². The molecule has 0 spiro atoms. The van der Waals surface area contributed by atoms with E-state index in [1.165, 1.54) is 24.3 Å². The second-order valence-corrected chi connectivity index (χ2v) is 6.41. The van der Waals surface area contributed by atoms with Gasteiger partial charge in [0.15, 0.2) is 11.6 Å². The molecular weight excluding hydrogens is 310 g/mol. The average Bonchev–Trinajstić information content (AvgIpc) is 3.18. The maximum absolute atomic E-state index is 12.4. The number of benzene rings is 1. The zero-order valence-electron chi connectivity index (χ0n) is 11.2. The highest BCUT2D eigenvalue weighted by Gasteiger charge is 2.24. The van der Waals surface area contributed by atoms with Gasteiger partial charge in [0.25, 0.3) is 5.69 Å². The van der Waals surface area contributed by atoms with Crippen molar-refractivity contribution in [1.29, 1.82) is 0 Å². The Morgan fingerprint density at radius 2 is 1.91 bits per heavy atom. The van der Waals surface area contributed by atoms with Crippen LogP contribution in [0.5, 0.6) is 0 Å². The van der Waals surface area contributed by atoms with Crippen LogP contribution in [0.2, 0.25) is 0 Å². The first-order valence-electron chi connectivity index (χ1n) is 6.36. The van der Waals surface area contributed by atoms with E-state index in [9.17, 15) is 18.5 Å². The molecule has 9 heteroatoms. The third-order valence-electron chi connectivity index (χ3n) is 3.11. The molecule has 114 valence electrons. The van der Waals surface area contributed by atoms with Crippen LogP contribution in [0, 0.1) is 10.1 Å². The molecule has 0 unspecified atom stereocenters. The molecule has 0 fully saturated rings. The number of rotatable bonds is 4. The Morgan fingerprint density at radius 1 is 1.18 bits per heavy atom. The minimum atomic E-state index is -3.86. The molecule has 0 saturated carbocycles. The van der Waals surface area contributed by atoms with Crippen LogP contribution in [-0.4, -0.2) is 32.3 Å². The lowest BCUT2D eigenvalue weighted by molar-refractivity contribution is -0.384. The van der Waals surface area contributed by atoms with Gasteiger partial charge in [-0.3, -0.25) is 15.1 Å². The Morgan fingerprint density at radius 3 is 2.50 bits per heavy atom. The Bertz CT molecular complexity index is 852. The number of nitrogens with zero attached hydrogens (tertiary/aromatic N) is 2. The quantitative estimate of drug-likeness (QED) is 0.672. The summed E-state index contributed by atoms with van der Waals surface area (Å²) < 4.78 is 30.2. The van der Waals surface area contributed by atoms with E-state index in [1.807, 2.05) is 0 Å². The number of hydrogen-bond donors (Lipinski definition) is 1. The fourth-order valence-electron chi connectivity index (χ4n) is 2.02. The molecule has 1 aromatic heterocycles. The minimum absolute atomic E-state index is 0.0691. The van der Waals surface area contributed by atoms with Crippen LogP contribution in [0.1, 0.15) is 5.76 Å². The molecule has 1 aliphatic heterocycles. The molecule has 0 saturated heterocycles. The van der Waals surface area contributed by atoms with E-state index in [0.29, 0.717) is 24.7 Å². The van der Waals surface area contributed by atoms with Crippen molar-refractivity contribution in [1.82, 2.24) is 5.32 Å². The first-order valence-corrected chi connectivity index (χ1v) is 7.85. The Hall–Kier alpha value is -2.68. The predicted octanol–water partition coefficient (Wildman–Crippen LogP) is 1.37. The fraction of sp³-hybridized carbons (Fsp3) is 0.154. The lowest BCUT2D eigenvalue weighted by atomic mass is 10.3. The van der Waals surface area contributed by atoms with Gasteiger partial charge in [0.2, 0.25) is 14.9 Å². The summed E-state index contributed by atoms with van der Waals surface area (Å²) in [5, 5.41) is 13.4. The van der Waals surface area contributed by atoms with Gasteiger partial charge in [0.05, 0.1) is 16.4 Å². The van der Waals surface area contributed by atoms with E-state index >= 15 is 0 Å². The molecule has 0 radical (unpaired) electrons. The summed E-state index contributed by atoms with van der Waals surface area (Å²) in [5.74, 6) is 0.864. The van der Waals surface area contributed by atoms with Crippen molar-refractivity contribution in [2.45, 2.75) is 9.99 Å². The summed E-state index contributed by atoms with van der Waals surface area (Å²) in [4.78, 5) is 14.1. The molecule has 2 aromatic rings. The van der Waals surface area contributed by atoms with Crippen LogP contribution >= 0.6 is 0 Å². The summed E-state index contributed by atoms with van der Waals surface area (Å²) in [6, 6.07) is 7.50. The summed E-state index contributed by atoms with van der Waals surface area (Å²) >= 11 is 0. The Kier molecular flexibility index (Phi) is 3.41. The van der Waals surface area contributed by atoms with E-state index < -0.39 is 14.8 Å². The lowest BCUT2D eigenvalue weighted by Gasteiger charge is -2.01. The highest BCUT2D eigenvalue weighted by Crippen LogP contribution is 2.25. The number of non-ortho nitro benzene ring substituents is 1. The standard InChI is InChI=1S/C13H11N3O5S/c17-16(18)9-1-3-10(4-2-9)22(19,20)12-6-5-11(21-12)13-14-7-8-15-13/h1-6H,7-8H2,(H,14,15). The van der Waals surface area contributed by atoms with Crippen molar-refractivity contribution in [3.05, 3.63) is 52.3 Å². The van der Waals surface area contributed by atoms with E-state index in [4.69, 9.17) is 4.42 Å². The van der Waals surface area contributed by atoms with Crippen LogP contribution in [-0.2, 0) is 9.84 Å². The molecule has 1 aromatic carbocycles. The van der Waals surface area contributed by atoms with Crippen LogP contribution in [0.15, 0.2) is 55.8 Å². The van der Waals surface area contributed by atoms with Gasteiger partial charge in [-0.05, 0) is 24.3 Å². The Labute approximate surface area is 125 Å². The largest absolute Gasteiger partial charge is 0.441 e. The molecule has 0 amide bonds. The molecule has 0 bridgehead atoms. The normalized spacial score (nSPS) is 14.5. The van der Waals surface area contributed by atoms with Crippen LogP contribution in [0.4, 0.5) is 5.69 Å². The topological polar surface area (TPSA) is 115 Å². The second kappa shape index (κ2) is 5.26. The molecule has 1 N–H and O–H groups in total. The first kappa shape index (κ1) is 14.3. The highest BCUT2D eigenvalue weighted by atomic mass is 32.2. The van der Waals surface area contributed by atoms with Gasteiger partial charge in [0.1, 0.15) is 0 Å². The number of hydrogen-bond acceptors (Lipinski definition) is 7. The number of nitrogens with one attached hydrogen (secondary N) is 1. The number of aliphatic imine (C=N–C) groups is 1. The van der Waals surface area contributed by atoms with Crippen LogP contribution < -0.4 is 5.32 Å². The van der Waals surface area contributed by atoms with Crippen LogP contribution in [0.25, 0.3) is 0 Å². The predicted molar refractivity (Wildman–Crippen MR) is 76.7 cm³/mol. The van der Waals surface area contributed by atoms with Gasteiger partial charge >= 0.3 is 0 Å². The van der Waals surface area contributed by atoms with E-state index in [1.54, 1.807) is 0 Å². The molecule has 8 nitrogen and oxygen atoms in total. The van der Waals surface area contributed by atoms with Crippen molar-refractivity contribution in [3.63, 3.8) is 0 Å². The molecule has 0 aliphatic carbocycles. The van der Waals surface area contributed by atoms with Crippen molar-refractivity contribution in [2.75, 3.05) is 13.1 Å². The number of nitro groups is 1. The van der Waals surface area contributed by atoms with Gasteiger partial charge in [0, 0.05) is 18.7 Å². The van der Waals surface area contributed by atoms with Crippen molar-refractivity contribution < 1.29 is 17.8 Å².